The van der Waals surface area contributed by atoms with Gasteiger partial charge < -0.3 is 4.57 Å². The van der Waals surface area contributed by atoms with Gasteiger partial charge in [0.25, 0.3) is 5.56 Å². The molecule has 0 unspecified atom stereocenters. The van der Waals surface area contributed by atoms with Gasteiger partial charge in [-0.3, -0.25) is 9.78 Å². The average molecular weight is 398 g/mol. The zero-order valence-electron chi connectivity index (χ0n) is 15.2. The molecule has 3 heterocycles. The van der Waals surface area contributed by atoms with Crippen LogP contribution in [0.5, 0.6) is 0 Å². The van der Waals surface area contributed by atoms with Crippen molar-refractivity contribution < 1.29 is 0 Å². The van der Waals surface area contributed by atoms with E-state index < -0.39 is 0 Å². The van der Waals surface area contributed by atoms with E-state index in [-0.39, 0.29) is 11.2 Å². The van der Waals surface area contributed by atoms with Crippen molar-refractivity contribution in [1.29, 1.82) is 0 Å². The zero-order valence-corrected chi connectivity index (χ0v) is 16.8. The summed E-state index contributed by atoms with van der Waals surface area (Å²) >= 11 is 3.23. The number of hydrogen-bond donors (Lipinski definition) is 1. The molecule has 0 fully saturated rings. The lowest BCUT2D eigenvalue weighted by Gasteiger charge is -2.10. The molecule has 3 aromatic heterocycles. The second kappa shape index (κ2) is 6.14. The van der Waals surface area contributed by atoms with E-state index in [1.54, 1.807) is 23.1 Å². The number of nitrogens with one attached hydrogen (secondary N) is 1. The average Bonchev–Trinajstić information content (AvgIpc) is 3.18. The summed E-state index contributed by atoms with van der Waals surface area (Å²) in [5.41, 5.74) is 2.28. The number of H-pyrrole nitrogens is 1. The van der Waals surface area contributed by atoms with Crippen molar-refractivity contribution in [3.05, 3.63) is 55.7 Å². The predicted octanol–water partition coefficient (Wildman–Crippen LogP) is 3.83. The molecule has 27 heavy (non-hydrogen) atoms. The first-order valence-corrected chi connectivity index (χ1v) is 11.1. The van der Waals surface area contributed by atoms with Crippen molar-refractivity contribution in [2.24, 2.45) is 7.05 Å². The molecule has 5 nitrogen and oxygen atoms in total. The van der Waals surface area contributed by atoms with Crippen LogP contribution in [0.15, 0.2) is 38.9 Å². The monoisotopic (exact) mass is 397 g/mol. The van der Waals surface area contributed by atoms with Crippen molar-refractivity contribution in [2.45, 2.75) is 30.6 Å². The lowest BCUT2D eigenvalue weighted by Crippen LogP contribution is -2.33. The molecular weight excluding hydrogens is 378 g/mol. The minimum Gasteiger partial charge on any atom is -0.349 e. The third kappa shape index (κ3) is 2.45. The maximum Gasteiger partial charge on any atom is 0.334 e. The SMILES string of the molecule is CSc1cn(C)c2ccc(-n3c(=O)[nH]c4sc5c(c4c3=O)CCCC5)cc12. The molecule has 0 amide bonds. The molecule has 5 rings (SSSR count). The Hall–Kier alpha value is -2.25. The fourth-order valence-electron chi connectivity index (χ4n) is 4.12. The first-order chi connectivity index (χ1) is 13.1. The maximum absolute atomic E-state index is 13.3. The van der Waals surface area contributed by atoms with Gasteiger partial charge in [0, 0.05) is 33.9 Å². The van der Waals surface area contributed by atoms with Crippen LogP contribution in [-0.4, -0.2) is 20.4 Å². The van der Waals surface area contributed by atoms with Crippen LogP contribution in [0.2, 0.25) is 0 Å². The molecule has 1 N–H and O–H groups in total. The van der Waals surface area contributed by atoms with E-state index in [2.05, 4.69) is 15.7 Å². The maximum atomic E-state index is 13.3. The molecule has 0 bridgehead atoms. The summed E-state index contributed by atoms with van der Waals surface area (Å²) in [6.07, 6.45) is 8.29. The van der Waals surface area contributed by atoms with Crippen molar-refractivity contribution in [1.82, 2.24) is 14.1 Å². The Bertz CT molecular complexity index is 1320. The molecule has 4 aromatic rings. The van der Waals surface area contributed by atoms with Gasteiger partial charge in [-0.05, 0) is 55.7 Å². The number of rotatable bonds is 2. The molecular formula is C20H19N3O2S2. The molecule has 0 saturated heterocycles. The fraction of sp³-hybridized carbons (Fsp3) is 0.300. The minimum atomic E-state index is -0.368. The number of benzene rings is 1. The molecule has 0 spiro atoms. The van der Waals surface area contributed by atoms with Crippen molar-refractivity contribution >= 4 is 44.2 Å². The second-order valence-electron chi connectivity index (χ2n) is 7.00. The van der Waals surface area contributed by atoms with Gasteiger partial charge in [0.2, 0.25) is 0 Å². The van der Waals surface area contributed by atoms with Crippen LogP contribution in [0.1, 0.15) is 23.3 Å². The van der Waals surface area contributed by atoms with E-state index in [0.717, 1.165) is 51.9 Å². The van der Waals surface area contributed by atoms with Gasteiger partial charge >= 0.3 is 5.69 Å². The Morgan fingerprint density at radius 2 is 2.00 bits per heavy atom. The molecule has 138 valence electrons. The van der Waals surface area contributed by atoms with E-state index in [0.29, 0.717) is 11.1 Å². The molecule has 0 atom stereocenters. The number of thioether (sulfide) groups is 1. The van der Waals surface area contributed by atoms with Gasteiger partial charge in [-0.1, -0.05) is 0 Å². The number of aromatic amines is 1. The first-order valence-electron chi connectivity index (χ1n) is 9.01. The Morgan fingerprint density at radius 3 is 2.81 bits per heavy atom. The van der Waals surface area contributed by atoms with E-state index in [4.69, 9.17) is 0 Å². The highest BCUT2D eigenvalue weighted by Gasteiger charge is 2.21. The largest absolute Gasteiger partial charge is 0.349 e. The van der Waals surface area contributed by atoms with Gasteiger partial charge in [-0.15, -0.1) is 23.1 Å². The summed E-state index contributed by atoms with van der Waals surface area (Å²) in [4.78, 5) is 32.1. The lowest BCUT2D eigenvalue weighted by atomic mass is 9.97. The molecule has 1 aliphatic carbocycles. The van der Waals surface area contributed by atoms with Gasteiger partial charge in [0.1, 0.15) is 4.83 Å². The molecule has 1 aromatic carbocycles. The van der Waals surface area contributed by atoms with Gasteiger partial charge in [0.05, 0.1) is 11.1 Å². The summed E-state index contributed by atoms with van der Waals surface area (Å²) in [5, 5.41) is 1.76. The summed E-state index contributed by atoms with van der Waals surface area (Å²) in [7, 11) is 2.00. The minimum absolute atomic E-state index is 0.200. The molecule has 0 saturated carbocycles. The molecule has 0 radical (unpaired) electrons. The number of hydrogen-bond acceptors (Lipinski definition) is 4. The van der Waals surface area contributed by atoms with Crippen LogP contribution >= 0.6 is 23.1 Å². The summed E-state index contributed by atoms with van der Waals surface area (Å²) in [5.74, 6) is 0. The quantitative estimate of drug-likeness (QED) is 0.523. The number of thiophene rings is 1. The second-order valence-corrected chi connectivity index (χ2v) is 8.95. The van der Waals surface area contributed by atoms with Crippen LogP contribution in [0.4, 0.5) is 0 Å². The third-order valence-electron chi connectivity index (χ3n) is 5.43. The smallest absolute Gasteiger partial charge is 0.334 e. The van der Waals surface area contributed by atoms with Gasteiger partial charge in [-0.25, -0.2) is 9.36 Å². The third-order valence-corrected chi connectivity index (χ3v) is 7.40. The highest BCUT2D eigenvalue weighted by Crippen LogP contribution is 2.33. The Labute approximate surface area is 163 Å². The molecule has 1 aliphatic rings. The fourth-order valence-corrected chi connectivity index (χ4v) is 6.04. The standard InChI is InChI=1S/C20H19N3O2S2/c1-22-10-16(26-2)13-9-11(7-8-14(13)22)23-19(24)17-12-5-3-4-6-15(12)27-18(17)21-20(23)25/h7-10H,3-6H2,1-2H3,(H,21,25). The van der Waals surface area contributed by atoms with Crippen molar-refractivity contribution in [2.75, 3.05) is 6.26 Å². The van der Waals surface area contributed by atoms with Crippen LogP contribution in [0, 0.1) is 0 Å². The number of nitrogens with zero attached hydrogens (tertiary/aromatic N) is 2. The van der Waals surface area contributed by atoms with Gasteiger partial charge in [-0.2, -0.15) is 0 Å². The van der Waals surface area contributed by atoms with E-state index in [9.17, 15) is 9.59 Å². The van der Waals surface area contributed by atoms with Crippen LogP contribution in [0.3, 0.4) is 0 Å². The molecule has 0 aliphatic heterocycles. The Kier molecular flexibility index (Phi) is 3.84. The summed E-state index contributed by atoms with van der Waals surface area (Å²) < 4.78 is 3.36. The van der Waals surface area contributed by atoms with Crippen molar-refractivity contribution in [3.8, 4) is 5.69 Å². The summed E-state index contributed by atoms with van der Waals surface area (Å²) in [6, 6.07) is 5.78. The van der Waals surface area contributed by atoms with Crippen LogP contribution in [-0.2, 0) is 19.9 Å². The summed E-state index contributed by atoms with van der Waals surface area (Å²) in [6.45, 7) is 0. The zero-order chi connectivity index (χ0) is 18.7. The van der Waals surface area contributed by atoms with Crippen LogP contribution in [0.25, 0.3) is 26.8 Å². The Morgan fingerprint density at radius 1 is 1.19 bits per heavy atom. The van der Waals surface area contributed by atoms with E-state index >= 15 is 0 Å². The van der Waals surface area contributed by atoms with E-state index in [1.807, 2.05) is 31.5 Å². The molecule has 7 heteroatoms. The van der Waals surface area contributed by atoms with Gasteiger partial charge in [0.15, 0.2) is 0 Å². The highest BCUT2D eigenvalue weighted by atomic mass is 32.2. The lowest BCUT2D eigenvalue weighted by molar-refractivity contribution is 0.699. The predicted molar refractivity (Wildman–Crippen MR) is 113 cm³/mol. The van der Waals surface area contributed by atoms with Crippen molar-refractivity contribution in [3.63, 3.8) is 0 Å². The van der Waals surface area contributed by atoms with E-state index in [1.165, 1.54) is 9.44 Å². The Balaban J connectivity index is 1.81. The normalized spacial score (nSPS) is 14.1. The first kappa shape index (κ1) is 16.9. The van der Waals surface area contributed by atoms with Crippen LogP contribution < -0.4 is 11.2 Å². The number of aromatic nitrogens is 3. The topological polar surface area (TPSA) is 59.8 Å². The number of fused-ring (bicyclic) bond motifs is 4. The highest BCUT2D eigenvalue weighted by molar-refractivity contribution is 7.98. The number of aryl methyl sites for hydroxylation is 3.